The van der Waals surface area contributed by atoms with Crippen molar-refractivity contribution in [1.82, 2.24) is 15.2 Å². The van der Waals surface area contributed by atoms with Gasteiger partial charge in [-0.1, -0.05) is 18.2 Å². The van der Waals surface area contributed by atoms with Crippen molar-refractivity contribution in [3.05, 3.63) is 59.4 Å². The monoisotopic (exact) mass is 367 g/mol. The van der Waals surface area contributed by atoms with Gasteiger partial charge in [-0.3, -0.25) is 4.98 Å². The summed E-state index contributed by atoms with van der Waals surface area (Å²) in [5.74, 6) is 0.967. The Morgan fingerprint density at radius 3 is 3.19 bits per heavy atom. The van der Waals surface area contributed by atoms with Gasteiger partial charge in [0.15, 0.2) is 0 Å². The van der Waals surface area contributed by atoms with E-state index in [1.807, 2.05) is 35.2 Å². The fourth-order valence-corrected chi connectivity index (χ4v) is 3.58. The van der Waals surface area contributed by atoms with Crippen LogP contribution in [-0.2, 0) is 24.3 Å². The van der Waals surface area contributed by atoms with E-state index in [1.54, 1.807) is 6.20 Å². The lowest BCUT2D eigenvalue weighted by atomic mass is 10.1. The highest BCUT2D eigenvalue weighted by Gasteiger charge is 2.24. The second-order valence-corrected chi connectivity index (χ2v) is 7.04. The first kappa shape index (κ1) is 17.8. The Kier molecular flexibility index (Phi) is 5.53. The smallest absolute Gasteiger partial charge is 0.317 e. The lowest BCUT2D eigenvalue weighted by molar-refractivity contribution is -0.00168. The Hall–Kier alpha value is -2.60. The second kappa shape index (κ2) is 8.39. The molecule has 6 heteroatoms. The Balaban J connectivity index is 1.25. The predicted molar refractivity (Wildman–Crippen MR) is 101 cm³/mol. The number of ether oxygens (including phenoxy) is 2. The summed E-state index contributed by atoms with van der Waals surface area (Å²) in [6.07, 6.45) is 4.70. The molecule has 2 aliphatic rings. The molecule has 1 atom stereocenters. The topological polar surface area (TPSA) is 63.7 Å². The van der Waals surface area contributed by atoms with E-state index in [1.165, 1.54) is 5.56 Å². The first-order valence-corrected chi connectivity index (χ1v) is 9.57. The predicted octanol–water partition coefficient (Wildman–Crippen LogP) is 2.91. The Bertz CT molecular complexity index is 781. The standard InChI is InChI=1S/C21H25N3O3/c25-21(23-13-16-6-7-20-17(12-16)8-11-26-20)24-10-3-5-19(14-24)27-15-18-4-1-2-9-22-18/h1-2,4,6-7,9,12,19H,3,5,8,10-11,13-15H2,(H,23,25). The Morgan fingerprint density at radius 1 is 1.33 bits per heavy atom. The fraction of sp³-hybridized carbons (Fsp3) is 0.429. The third-order valence-electron chi connectivity index (χ3n) is 5.06. The van der Waals surface area contributed by atoms with E-state index < -0.39 is 0 Å². The first-order valence-electron chi connectivity index (χ1n) is 9.57. The number of rotatable bonds is 5. The minimum absolute atomic E-state index is 0.0297. The highest BCUT2D eigenvalue weighted by molar-refractivity contribution is 5.74. The summed E-state index contributed by atoms with van der Waals surface area (Å²) in [7, 11) is 0. The number of carbonyl (C=O) groups is 1. The number of hydrogen-bond donors (Lipinski definition) is 1. The molecule has 2 aliphatic heterocycles. The molecule has 1 aromatic carbocycles. The van der Waals surface area contributed by atoms with Crippen molar-refractivity contribution in [2.75, 3.05) is 19.7 Å². The SMILES string of the molecule is O=C(NCc1ccc2c(c1)CCO2)N1CCCC(OCc2ccccn2)C1. The first-order chi connectivity index (χ1) is 13.3. The number of hydrogen-bond acceptors (Lipinski definition) is 4. The van der Waals surface area contributed by atoms with Gasteiger partial charge >= 0.3 is 6.03 Å². The zero-order valence-corrected chi connectivity index (χ0v) is 15.4. The van der Waals surface area contributed by atoms with Gasteiger partial charge in [0.05, 0.1) is 25.0 Å². The molecule has 2 amide bonds. The van der Waals surface area contributed by atoms with E-state index in [9.17, 15) is 4.79 Å². The van der Waals surface area contributed by atoms with Crippen LogP contribution in [0.15, 0.2) is 42.6 Å². The lowest BCUT2D eigenvalue weighted by Crippen LogP contribution is -2.47. The van der Waals surface area contributed by atoms with Gasteiger partial charge in [0, 0.05) is 32.3 Å². The van der Waals surface area contributed by atoms with Gasteiger partial charge in [0.25, 0.3) is 0 Å². The fourth-order valence-electron chi connectivity index (χ4n) is 3.58. The number of benzene rings is 1. The van der Waals surface area contributed by atoms with Crippen molar-refractivity contribution in [2.45, 2.75) is 38.5 Å². The van der Waals surface area contributed by atoms with Gasteiger partial charge in [-0.2, -0.15) is 0 Å². The minimum atomic E-state index is -0.0297. The van der Waals surface area contributed by atoms with Crippen molar-refractivity contribution < 1.29 is 14.3 Å². The number of amides is 2. The Morgan fingerprint density at radius 2 is 2.30 bits per heavy atom. The number of fused-ring (bicyclic) bond motifs is 1. The molecule has 1 saturated heterocycles. The number of nitrogens with one attached hydrogen (secondary N) is 1. The van der Waals surface area contributed by atoms with Crippen molar-refractivity contribution in [3.63, 3.8) is 0 Å². The van der Waals surface area contributed by atoms with Crippen LogP contribution in [0, 0.1) is 0 Å². The molecule has 3 heterocycles. The van der Waals surface area contributed by atoms with Crippen LogP contribution in [0.4, 0.5) is 4.79 Å². The van der Waals surface area contributed by atoms with Gasteiger partial charge in [-0.25, -0.2) is 4.79 Å². The maximum Gasteiger partial charge on any atom is 0.317 e. The molecule has 27 heavy (non-hydrogen) atoms. The molecule has 1 N–H and O–H groups in total. The van der Waals surface area contributed by atoms with Gasteiger partial charge in [0.1, 0.15) is 5.75 Å². The van der Waals surface area contributed by atoms with Gasteiger partial charge in [-0.15, -0.1) is 0 Å². The largest absolute Gasteiger partial charge is 0.493 e. The number of piperidine rings is 1. The number of likely N-dealkylation sites (tertiary alicyclic amines) is 1. The summed E-state index contributed by atoms with van der Waals surface area (Å²) < 4.78 is 11.5. The van der Waals surface area contributed by atoms with E-state index in [0.29, 0.717) is 19.7 Å². The van der Waals surface area contributed by atoms with Crippen LogP contribution in [0.5, 0.6) is 5.75 Å². The molecule has 0 radical (unpaired) electrons. The van der Waals surface area contributed by atoms with Gasteiger partial charge < -0.3 is 19.7 Å². The molecule has 4 rings (SSSR count). The number of aromatic nitrogens is 1. The molecule has 1 aromatic heterocycles. The van der Waals surface area contributed by atoms with Gasteiger partial charge in [0.2, 0.25) is 0 Å². The summed E-state index contributed by atoms with van der Waals surface area (Å²) in [5.41, 5.74) is 3.25. The Labute approximate surface area is 159 Å². The highest BCUT2D eigenvalue weighted by atomic mass is 16.5. The normalized spacial score (nSPS) is 18.7. The molecule has 0 saturated carbocycles. The summed E-state index contributed by atoms with van der Waals surface area (Å²) in [4.78, 5) is 18.7. The zero-order chi connectivity index (χ0) is 18.5. The van der Waals surface area contributed by atoms with E-state index in [-0.39, 0.29) is 12.1 Å². The van der Waals surface area contributed by atoms with Crippen LogP contribution in [-0.4, -0.2) is 41.7 Å². The number of carbonyl (C=O) groups excluding carboxylic acids is 1. The van der Waals surface area contributed by atoms with E-state index in [4.69, 9.17) is 9.47 Å². The van der Waals surface area contributed by atoms with Crippen LogP contribution in [0.2, 0.25) is 0 Å². The molecular weight excluding hydrogens is 342 g/mol. The van der Waals surface area contributed by atoms with E-state index in [0.717, 1.165) is 49.4 Å². The zero-order valence-electron chi connectivity index (χ0n) is 15.4. The van der Waals surface area contributed by atoms with Gasteiger partial charge in [-0.05, 0) is 42.2 Å². The molecule has 0 bridgehead atoms. The van der Waals surface area contributed by atoms with E-state index >= 15 is 0 Å². The summed E-state index contributed by atoms with van der Waals surface area (Å²) in [6.45, 7) is 3.16. The molecule has 1 unspecified atom stereocenters. The summed E-state index contributed by atoms with van der Waals surface area (Å²) >= 11 is 0. The number of nitrogens with zero attached hydrogens (tertiary/aromatic N) is 2. The maximum absolute atomic E-state index is 12.5. The average molecular weight is 367 g/mol. The molecule has 2 aromatic rings. The van der Waals surface area contributed by atoms with Crippen molar-refractivity contribution >= 4 is 6.03 Å². The molecular formula is C21H25N3O3. The van der Waals surface area contributed by atoms with Crippen molar-refractivity contribution in [3.8, 4) is 5.75 Å². The third kappa shape index (κ3) is 4.57. The molecule has 142 valence electrons. The average Bonchev–Trinajstić information content (AvgIpc) is 3.19. The van der Waals surface area contributed by atoms with Crippen LogP contribution < -0.4 is 10.1 Å². The third-order valence-corrected chi connectivity index (χ3v) is 5.06. The second-order valence-electron chi connectivity index (χ2n) is 7.04. The molecule has 0 aliphatic carbocycles. The highest BCUT2D eigenvalue weighted by Crippen LogP contribution is 2.25. The quantitative estimate of drug-likeness (QED) is 0.883. The van der Waals surface area contributed by atoms with E-state index in [2.05, 4.69) is 16.4 Å². The molecule has 0 spiro atoms. The lowest BCUT2D eigenvalue weighted by Gasteiger charge is -2.32. The van der Waals surface area contributed by atoms with Crippen molar-refractivity contribution in [2.24, 2.45) is 0 Å². The van der Waals surface area contributed by atoms with Crippen LogP contribution in [0.25, 0.3) is 0 Å². The number of urea groups is 1. The number of pyridine rings is 1. The maximum atomic E-state index is 12.5. The summed E-state index contributed by atoms with van der Waals surface area (Å²) in [6, 6.07) is 11.9. The van der Waals surface area contributed by atoms with Crippen LogP contribution in [0.3, 0.4) is 0 Å². The van der Waals surface area contributed by atoms with Crippen LogP contribution in [0.1, 0.15) is 29.7 Å². The minimum Gasteiger partial charge on any atom is -0.493 e. The van der Waals surface area contributed by atoms with Crippen molar-refractivity contribution in [1.29, 1.82) is 0 Å². The molecule has 1 fully saturated rings. The molecule has 6 nitrogen and oxygen atoms in total. The summed E-state index contributed by atoms with van der Waals surface area (Å²) in [5, 5.41) is 3.03. The van der Waals surface area contributed by atoms with Crippen LogP contribution >= 0.6 is 0 Å².